The van der Waals surface area contributed by atoms with Crippen molar-refractivity contribution in [3.8, 4) is 11.1 Å². The molecule has 0 heterocycles. The van der Waals surface area contributed by atoms with E-state index in [1.807, 2.05) is 0 Å². The molecule has 1 unspecified atom stereocenters. The second-order valence-electron chi connectivity index (χ2n) is 7.63. The SMILES string of the molecule is CC1CCC(C(F)Cc2c(C(=O)O)cccc2-c2cc(F)c(F)c(F)c2)CC1. The minimum absolute atomic E-state index is 0.0148. The lowest BCUT2D eigenvalue weighted by Crippen LogP contribution is -2.24. The fraction of sp³-hybridized carbons (Fsp3) is 0.409. The fourth-order valence-corrected chi connectivity index (χ4v) is 4.00. The van der Waals surface area contributed by atoms with Crippen LogP contribution in [0, 0.1) is 29.3 Å². The van der Waals surface area contributed by atoms with Crippen molar-refractivity contribution in [2.75, 3.05) is 0 Å². The molecule has 150 valence electrons. The molecule has 1 aliphatic rings. The van der Waals surface area contributed by atoms with Crippen molar-refractivity contribution in [2.24, 2.45) is 11.8 Å². The summed E-state index contributed by atoms with van der Waals surface area (Å²) in [6.45, 7) is 2.12. The van der Waals surface area contributed by atoms with Gasteiger partial charge in [-0.15, -0.1) is 0 Å². The number of halogens is 4. The van der Waals surface area contributed by atoms with Crippen molar-refractivity contribution in [3.63, 3.8) is 0 Å². The highest BCUT2D eigenvalue weighted by Crippen LogP contribution is 2.36. The molecule has 2 aromatic carbocycles. The summed E-state index contributed by atoms with van der Waals surface area (Å²) in [5.74, 6) is -5.22. The summed E-state index contributed by atoms with van der Waals surface area (Å²) >= 11 is 0. The Balaban J connectivity index is 2.00. The van der Waals surface area contributed by atoms with E-state index in [2.05, 4.69) is 6.92 Å². The van der Waals surface area contributed by atoms with E-state index in [4.69, 9.17) is 0 Å². The molecule has 1 atom stereocenters. The third-order valence-electron chi connectivity index (χ3n) is 5.67. The molecular formula is C22H22F4O2. The van der Waals surface area contributed by atoms with Crippen molar-refractivity contribution >= 4 is 5.97 Å². The molecule has 0 bridgehead atoms. The summed E-state index contributed by atoms with van der Waals surface area (Å²) < 4.78 is 55.8. The van der Waals surface area contributed by atoms with Gasteiger partial charge < -0.3 is 5.11 Å². The Bertz CT molecular complexity index is 850. The Labute approximate surface area is 161 Å². The van der Waals surface area contributed by atoms with E-state index in [-0.39, 0.29) is 34.6 Å². The first-order valence-electron chi connectivity index (χ1n) is 9.42. The highest BCUT2D eigenvalue weighted by molar-refractivity contribution is 5.92. The first-order chi connectivity index (χ1) is 13.3. The Morgan fingerprint density at radius 1 is 1.11 bits per heavy atom. The number of hydrogen-bond acceptors (Lipinski definition) is 1. The number of carboxylic acid groups (broad SMARTS) is 1. The lowest BCUT2D eigenvalue weighted by molar-refractivity contribution is 0.0695. The number of aromatic carboxylic acids is 1. The minimum atomic E-state index is -1.60. The largest absolute Gasteiger partial charge is 0.478 e. The van der Waals surface area contributed by atoms with Crippen molar-refractivity contribution in [1.82, 2.24) is 0 Å². The molecule has 1 fully saturated rings. The van der Waals surface area contributed by atoms with E-state index < -0.39 is 29.6 Å². The van der Waals surface area contributed by atoms with Crippen LogP contribution in [-0.2, 0) is 6.42 Å². The number of alkyl halides is 1. The average Bonchev–Trinajstić information content (AvgIpc) is 2.66. The molecule has 0 amide bonds. The molecule has 3 rings (SSSR count). The van der Waals surface area contributed by atoms with Gasteiger partial charge in [0.25, 0.3) is 0 Å². The van der Waals surface area contributed by atoms with Gasteiger partial charge in [0.15, 0.2) is 17.5 Å². The van der Waals surface area contributed by atoms with E-state index in [1.54, 1.807) is 0 Å². The summed E-state index contributed by atoms with van der Waals surface area (Å²) in [4.78, 5) is 11.7. The summed E-state index contributed by atoms with van der Waals surface area (Å²) in [7, 11) is 0. The highest BCUT2D eigenvalue weighted by atomic mass is 19.2. The maximum Gasteiger partial charge on any atom is 0.335 e. The first kappa shape index (κ1) is 20.4. The van der Waals surface area contributed by atoms with Gasteiger partial charge >= 0.3 is 5.97 Å². The highest BCUT2D eigenvalue weighted by Gasteiger charge is 2.28. The van der Waals surface area contributed by atoms with Gasteiger partial charge in [-0.3, -0.25) is 0 Å². The van der Waals surface area contributed by atoms with Crippen LogP contribution in [0.2, 0.25) is 0 Å². The van der Waals surface area contributed by atoms with Gasteiger partial charge in [0.2, 0.25) is 0 Å². The van der Waals surface area contributed by atoms with Crippen LogP contribution < -0.4 is 0 Å². The number of benzene rings is 2. The lowest BCUT2D eigenvalue weighted by Gasteiger charge is -2.29. The van der Waals surface area contributed by atoms with E-state index in [0.29, 0.717) is 5.92 Å². The molecule has 28 heavy (non-hydrogen) atoms. The third kappa shape index (κ3) is 4.21. The van der Waals surface area contributed by atoms with Crippen molar-refractivity contribution in [3.05, 3.63) is 58.9 Å². The van der Waals surface area contributed by atoms with Gasteiger partial charge in [-0.2, -0.15) is 0 Å². The predicted octanol–water partition coefficient (Wildman–Crippen LogP) is 6.18. The van der Waals surface area contributed by atoms with Crippen molar-refractivity contribution in [2.45, 2.75) is 45.2 Å². The molecule has 2 nitrogen and oxygen atoms in total. The maximum atomic E-state index is 15.1. The number of carboxylic acids is 1. The Morgan fingerprint density at radius 2 is 1.71 bits per heavy atom. The molecule has 0 aromatic heterocycles. The second kappa shape index (κ2) is 8.33. The van der Waals surface area contributed by atoms with Crippen LogP contribution in [0.25, 0.3) is 11.1 Å². The minimum Gasteiger partial charge on any atom is -0.478 e. The second-order valence-corrected chi connectivity index (χ2v) is 7.63. The summed E-state index contributed by atoms with van der Waals surface area (Å²) in [5.41, 5.74) is 0.240. The molecule has 0 aliphatic heterocycles. The molecule has 0 spiro atoms. The molecular weight excluding hydrogens is 372 g/mol. The molecule has 2 aromatic rings. The van der Waals surface area contributed by atoms with Gasteiger partial charge in [-0.25, -0.2) is 22.4 Å². The molecule has 1 N–H and O–H groups in total. The van der Waals surface area contributed by atoms with Crippen LogP contribution in [0.5, 0.6) is 0 Å². The Hall–Kier alpha value is -2.37. The smallest absolute Gasteiger partial charge is 0.335 e. The van der Waals surface area contributed by atoms with Crippen molar-refractivity contribution in [1.29, 1.82) is 0 Å². The fourth-order valence-electron chi connectivity index (χ4n) is 4.00. The number of rotatable bonds is 5. The zero-order chi connectivity index (χ0) is 20.4. The molecule has 0 radical (unpaired) electrons. The van der Waals surface area contributed by atoms with Gasteiger partial charge in [0, 0.05) is 6.42 Å². The van der Waals surface area contributed by atoms with Crippen LogP contribution in [0.4, 0.5) is 17.6 Å². The summed E-state index contributed by atoms with van der Waals surface area (Å²) in [6.07, 6.45) is 1.87. The van der Waals surface area contributed by atoms with E-state index in [9.17, 15) is 23.1 Å². The lowest BCUT2D eigenvalue weighted by atomic mass is 9.78. The standard InChI is InChI=1S/C22H22F4O2/c1-12-5-7-13(8-6-12)18(23)11-17-15(3-2-4-16(17)22(27)28)14-9-19(24)21(26)20(25)10-14/h2-4,9-10,12-13,18H,5-8,11H2,1H3,(H,27,28). The normalized spacial score (nSPS) is 20.8. The zero-order valence-corrected chi connectivity index (χ0v) is 15.5. The molecule has 1 aliphatic carbocycles. The third-order valence-corrected chi connectivity index (χ3v) is 5.67. The first-order valence-corrected chi connectivity index (χ1v) is 9.42. The van der Waals surface area contributed by atoms with Gasteiger partial charge in [0.1, 0.15) is 6.17 Å². The number of hydrogen-bond donors (Lipinski definition) is 1. The molecule has 1 saturated carbocycles. The molecule has 0 saturated heterocycles. The van der Waals surface area contributed by atoms with Gasteiger partial charge in [0.05, 0.1) is 5.56 Å². The number of carbonyl (C=O) groups is 1. The monoisotopic (exact) mass is 394 g/mol. The quantitative estimate of drug-likeness (QED) is 0.486. The van der Waals surface area contributed by atoms with Gasteiger partial charge in [-0.05, 0) is 59.6 Å². The van der Waals surface area contributed by atoms with E-state index in [1.165, 1.54) is 18.2 Å². The predicted molar refractivity (Wildman–Crippen MR) is 98.4 cm³/mol. The Morgan fingerprint density at radius 3 is 2.29 bits per heavy atom. The zero-order valence-electron chi connectivity index (χ0n) is 15.5. The van der Waals surface area contributed by atoms with Gasteiger partial charge in [-0.1, -0.05) is 31.9 Å². The average molecular weight is 394 g/mol. The molecule has 6 heteroatoms. The maximum absolute atomic E-state index is 15.1. The summed E-state index contributed by atoms with van der Waals surface area (Å²) in [6, 6.07) is 5.85. The topological polar surface area (TPSA) is 37.3 Å². The van der Waals surface area contributed by atoms with Crippen LogP contribution >= 0.6 is 0 Å². The summed E-state index contributed by atoms with van der Waals surface area (Å²) in [5, 5.41) is 9.52. The van der Waals surface area contributed by atoms with Crippen LogP contribution in [0.1, 0.15) is 48.5 Å². The van der Waals surface area contributed by atoms with Crippen LogP contribution in [0.3, 0.4) is 0 Å². The van der Waals surface area contributed by atoms with Crippen molar-refractivity contribution < 1.29 is 27.5 Å². The van der Waals surface area contributed by atoms with E-state index >= 15 is 4.39 Å². The van der Waals surface area contributed by atoms with E-state index in [0.717, 1.165) is 37.8 Å². The van der Waals surface area contributed by atoms with Crippen LogP contribution in [-0.4, -0.2) is 17.2 Å². The van der Waals surface area contributed by atoms with Crippen LogP contribution in [0.15, 0.2) is 30.3 Å². The Kier molecular flexibility index (Phi) is 6.06.